The summed E-state index contributed by atoms with van der Waals surface area (Å²) in [7, 11) is 0. The zero-order valence-electron chi connectivity index (χ0n) is 12.1. The number of hydrogen-bond donors (Lipinski definition) is 2. The van der Waals surface area contributed by atoms with Crippen LogP contribution in [0.3, 0.4) is 0 Å². The van der Waals surface area contributed by atoms with Crippen LogP contribution < -0.4 is 10.6 Å². The molecule has 1 saturated carbocycles. The molecular weight excluding hydrogens is 242 g/mol. The third kappa shape index (κ3) is 3.08. The fourth-order valence-corrected chi connectivity index (χ4v) is 3.13. The Hall–Kier alpha value is -1.10. The summed E-state index contributed by atoms with van der Waals surface area (Å²) in [6.07, 6.45) is 3.61. The molecule has 4 atom stereocenters. The number of rotatable bonds is 3. The third-order valence-electron chi connectivity index (χ3n) is 4.66. The normalized spacial score (nSPS) is 33.1. The highest BCUT2D eigenvalue weighted by atomic mass is 16.2. The average molecular weight is 267 g/mol. The zero-order valence-corrected chi connectivity index (χ0v) is 12.1. The smallest absolute Gasteiger partial charge is 0.324 e. The molecule has 5 heteroatoms. The lowest BCUT2D eigenvalue weighted by Crippen LogP contribution is -2.52. The molecular formula is C14H25N3O2. The summed E-state index contributed by atoms with van der Waals surface area (Å²) < 4.78 is 0. The van der Waals surface area contributed by atoms with Crippen molar-refractivity contribution in [3.63, 3.8) is 0 Å². The lowest BCUT2D eigenvalue weighted by Gasteiger charge is -2.36. The first kappa shape index (κ1) is 14.3. The summed E-state index contributed by atoms with van der Waals surface area (Å²) in [5, 5.41) is 6.09. The van der Waals surface area contributed by atoms with Gasteiger partial charge in [0, 0.05) is 19.1 Å². The lowest BCUT2D eigenvalue weighted by atomic mass is 9.78. The molecule has 0 bridgehead atoms. The van der Waals surface area contributed by atoms with Crippen LogP contribution in [0.15, 0.2) is 0 Å². The Morgan fingerprint density at radius 1 is 1.42 bits per heavy atom. The van der Waals surface area contributed by atoms with Crippen molar-refractivity contribution in [1.82, 2.24) is 15.5 Å². The third-order valence-corrected chi connectivity index (χ3v) is 4.66. The Morgan fingerprint density at radius 3 is 2.79 bits per heavy atom. The predicted molar refractivity (Wildman–Crippen MR) is 73.7 cm³/mol. The largest absolute Gasteiger partial charge is 0.336 e. The van der Waals surface area contributed by atoms with Gasteiger partial charge in [0.25, 0.3) is 0 Å². The molecule has 19 heavy (non-hydrogen) atoms. The molecule has 2 rings (SSSR count). The van der Waals surface area contributed by atoms with Gasteiger partial charge in [0.05, 0.1) is 6.04 Å². The molecule has 2 aliphatic rings. The highest BCUT2D eigenvalue weighted by Gasteiger charge is 2.33. The van der Waals surface area contributed by atoms with Crippen molar-refractivity contribution in [3.8, 4) is 0 Å². The van der Waals surface area contributed by atoms with E-state index in [1.54, 1.807) is 0 Å². The number of nitrogens with zero attached hydrogens (tertiary/aromatic N) is 1. The van der Waals surface area contributed by atoms with Crippen LogP contribution in [-0.2, 0) is 4.79 Å². The maximum absolute atomic E-state index is 12.2. The number of hydrogen-bond acceptors (Lipinski definition) is 3. The highest BCUT2D eigenvalue weighted by molar-refractivity contribution is 5.98. The fourth-order valence-electron chi connectivity index (χ4n) is 3.13. The van der Waals surface area contributed by atoms with Crippen LogP contribution in [0.5, 0.6) is 0 Å². The van der Waals surface area contributed by atoms with Crippen molar-refractivity contribution >= 4 is 11.9 Å². The molecule has 3 amide bonds. The van der Waals surface area contributed by atoms with Gasteiger partial charge in [0.2, 0.25) is 5.91 Å². The van der Waals surface area contributed by atoms with Gasteiger partial charge >= 0.3 is 6.03 Å². The van der Waals surface area contributed by atoms with Crippen LogP contribution in [0.1, 0.15) is 40.0 Å². The van der Waals surface area contributed by atoms with Crippen LogP contribution in [0.25, 0.3) is 0 Å². The van der Waals surface area contributed by atoms with E-state index in [1.165, 1.54) is 17.7 Å². The monoisotopic (exact) mass is 267 g/mol. The minimum atomic E-state index is -0.290. The van der Waals surface area contributed by atoms with Crippen molar-refractivity contribution in [2.75, 3.05) is 13.1 Å². The van der Waals surface area contributed by atoms with Gasteiger partial charge in [-0.1, -0.05) is 26.7 Å². The highest BCUT2D eigenvalue weighted by Crippen LogP contribution is 2.29. The molecule has 1 aliphatic heterocycles. The van der Waals surface area contributed by atoms with Gasteiger partial charge in [-0.25, -0.2) is 4.79 Å². The van der Waals surface area contributed by atoms with Gasteiger partial charge in [-0.3, -0.25) is 9.69 Å². The summed E-state index contributed by atoms with van der Waals surface area (Å²) in [6, 6.07) is -0.168. The summed E-state index contributed by atoms with van der Waals surface area (Å²) in [5.41, 5.74) is 0. The topological polar surface area (TPSA) is 61.4 Å². The minimum Gasteiger partial charge on any atom is -0.336 e. The van der Waals surface area contributed by atoms with E-state index < -0.39 is 0 Å². The fraction of sp³-hybridized carbons (Fsp3) is 0.857. The summed E-state index contributed by atoms with van der Waals surface area (Å²) in [6.45, 7) is 7.44. The molecule has 1 heterocycles. The summed E-state index contributed by atoms with van der Waals surface area (Å²) >= 11 is 0. The van der Waals surface area contributed by atoms with Crippen molar-refractivity contribution in [2.45, 2.75) is 52.1 Å². The van der Waals surface area contributed by atoms with E-state index in [2.05, 4.69) is 24.5 Å². The van der Waals surface area contributed by atoms with E-state index in [9.17, 15) is 9.59 Å². The molecule has 5 nitrogen and oxygen atoms in total. The van der Waals surface area contributed by atoms with Gasteiger partial charge < -0.3 is 10.6 Å². The van der Waals surface area contributed by atoms with Gasteiger partial charge in [-0.2, -0.15) is 0 Å². The van der Waals surface area contributed by atoms with Crippen LogP contribution in [-0.4, -0.2) is 42.0 Å². The Labute approximate surface area is 115 Å². The number of carbonyl (C=O) groups is 2. The number of imide groups is 1. The first-order chi connectivity index (χ1) is 9.00. The van der Waals surface area contributed by atoms with Gasteiger partial charge in [0.15, 0.2) is 0 Å². The van der Waals surface area contributed by atoms with Crippen LogP contribution >= 0.6 is 0 Å². The molecule has 1 aliphatic carbocycles. The van der Waals surface area contributed by atoms with Gasteiger partial charge in [-0.15, -0.1) is 0 Å². The number of amides is 3. The molecule has 0 aromatic carbocycles. The number of carbonyl (C=O) groups excluding carboxylic acids is 2. The number of urea groups is 1. The number of nitrogens with one attached hydrogen (secondary N) is 2. The van der Waals surface area contributed by atoms with E-state index in [4.69, 9.17) is 0 Å². The Bertz CT molecular complexity index is 359. The summed E-state index contributed by atoms with van der Waals surface area (Å²) in [4.78, 5) is 25.0. The SMILES string of the molecule is C[C@@H]1[C@H](C)CCC[C@H]1N[C@@H](C)C(=O)N1CCNC1=O. The Balaban J connectivity index is 1.91. The molecule has 2 N–H and O–H groups in total. The molecule has 0 aromatic rings. The molecule has 2 fully saturated rings. The quantitative estimate of drug-likeness (QED) is 0.811. The molecule has 0 spiro atoms. The molecule has 0 unspecified atom stereocenters. The van der Waals surface area contributed by atoms with Crippen molar-refractivity contribution in [1.29, 1.82) is 0 Å². The van der Waals surface area contributed by atoms with Crippen molar-refractivity contribution < 1.29 is 9.59 Å². The maximum atomic E-state index is 12.2. The van der Waals surface area contributed by atoms with Crippen molar-refractivity contribution in [3.05, 3.63) is 0 Å². The van der Waals surface area contributed by atoms with E-state index >= 15 is 0 Å². The van der Waals surface area contributed by atoms with E-state index in [-0.39, 0.29) is 18.0 Å². The van der Waals surface area contributed by atoms with Crippen LogP contribution in [0.4, 0.5) is 4.79 Å². The summed E-state index contributed by atoms with van der Waals surface area (Å²) in [5.74, 6) is 1.17. The molecule has 0 aromatic heterocycles. The zero-order chi connectivity index (χ0) is 14.0. The van der Waals surface area contributed by atoms with E-state index in [1.807, 2.05) is 6.92 Å². The Morgan fingerprint density at radius 2 is 2.16 bits per heavy atom. The molecule has 1 saturated heterocycles. The second-order valence-electron chi connectivity index (χ2n) is 5.98. The molecule has 108 valence electrons. The van der Waals surface area contributed by atoms with Crippen LogP contribution in [0.2, 0.25) is 0 Å². The van der Waals surface area contributed by atoms with E-state index in [0.717, 1.165) is 6.42 Å². The van der Waals surface area contributed by atoms with Gasteiger partial charge in [-0.05, 0) is 25.2 Å². The lowest BCUT2D eigenvalue weighted by molar-refractivity contribution is -0.129. The minimum absolute atomic E-state index is 0.111. The van der Waals surface area contributed by atoms with Crippen molar-refractivity contribution in [2.24, 2.45) is 11.8 Å². The second kappa shape index (κ2) is 5.90. The van der Waals surface area contributed by atoms with Crippen LogP contribution in [0, 0.1) is 11.8 Å². The van der Waals surface area contributed by atoms with Gasteiger partial charge in [0.1, 0.15) is 0 Å². The first-order valence-corrected chi connectivity index (χ1v) is 7.36. The predicted octanol–water partition coefficient (Wildman–Crippen LogP) is 1.34. The first-order valence-electron chi connectivity index (χ1n) is 7.36. The molecule has 0 radical (unpaired) electrons. The van der Waals surface area contributed by atoms with E-state index in [0.29, 0.717) is 31.0 Å². The Kier molecular flexibility index (Phi) is 4.45. The standard InChI is InChI=1S/C14H25N3O2/c1-9-5-4-6-12(10(9)2)16-11(3)13(18)17-8-7-15-14(17)19/h9-12,16H,4-8H2,1-3H3,(H,15,19)/t9-,10-,11+,12-/m1/s1. The maximum Gasteiger partial charge on any atom is 0.324 e. The second-order valence-corrected chi connectivity index (χ2v) is 5.98. The average Bonchev–Trinajstić information content (AvgIpc) is 2.80.